The van der Waals surface area contributed by atoms with Crippen LogP contribution in [0.25, 0.3) is 0 Å². The van der Waals surface area contributed by atoms with Gasteiger partial charge in [-0.05, 0) is 53.7 Å². The number of hydrogen-bond acceptors (Lipinski definition) is 5. The fourth-order valence-electron chi connectivity index (χ4n) is 2.82. The van der Waals surface area contributed by atoms with E-state index in [9.17, 15) is 8.42 Å². The lowest BCUT2D eigenvalue weighted by Gasteiger charge is -2.31. The predicted octanol–water partition coefficient (Wildman–Crippen LogP) is 3.03. The molecule has 0 amide bonds. The molecular weight excluding hydrogens is 406 g/mol. The second-order valence-electron chi connectivity index (χ2n) is 6.09. The van der Waals surface area contributed by atoms with Crippen molar-refractivity contribution in [2.45, 2.75) is 24.7 Å². The Labute approximate surface area is 156 Å². The molecular formula is C17H20BrN3O3S. The van der Waals surface area contributed by atoms with Crippen LogP contribution in [0.1, 0.15) is 18.5 Å². The highest BCUT2D eigenvalue weighted by Gasteiger charge is 2.30. The number of aryl methyl sites for hydroxylation is 1. The van der Waals surface area contributed by atoms with Crippen LogP contribution < -0.4 is 4.74 Å². The molecule has 2 aromatic rings. The van der Waals surface area contributed by atoms with Crippen LogP contribution in [0.5, 0.6) is 5.88 Å². The summed E-state index contributed by atoms with van der Waals surface area (Å²) in [5, 5.41) is 0. The first-order valence-corrected chi connectivity index (χ1v) is 10.4. The molecule has 0 unspecified atom stereocenters. The standard InChI is InChI=1S/C17H20BrN3O3S/c1-13-10-17(20-12-19-13)24-11-14-6-8-21(9-7-14)25(22,23)16-5-3-2-4-15(16)18/h2-5,10,12,14H,6-9,11H2,1H3. The lowest BCUT2D eigenvalue weighted by Crippen LogP contribution is -2.39. The Morgan fingerprint density at radius 2 is 1.96 bits per heavy atom. The molecule has 1 aliphatic heterocycles. The summed E-state index contributed by atoms with van der Waals surface area (Å²) in [5.74, 6) is 0.886. The summed E-state index contributed by atoms with van der Waals surface area (Å²) in [6.07, 6.45) is 3.03. The van der Waals surface area contributed by atoms with Gasteiger partial charge in [-0.1, -0.05) is 12.1 Å². The predicted molar refractivity (Wildman–Crippen MR) is 97.9 cm³/mol. The van der Waals surface area contributed by atoms with Gasteiger partial charge in [-0.15, -0.1) is 0 Å². The summed E-state index contributed by atoms with van der Waals surface area (Å²) >= 11 is 3.33. The van der Waals surface area contributed by atoms with Crippen molar-refractivity contribution in [2.24, 2.45) is 5.92 Å². The van der Waals surface area contributed by atoms with Gasteiger partial charge in [-0.3, -0.25) is 0 Å². The van der Waals surface area contributed by atoms with Gasteiger partial charge in [0.25, 0.3) is 0 Å². The number of rotatable bonds is 5. The molecule has 0 saturated carbocycles. The highest BCUT2D eigenvalue weighted by molar-refractivity contribution is 9.10. The number of benzene rings is 1. The van der Waals surface area contributed by atoms with E-state index in [-0.39, 0.29) is 0 Å². The van der Waals surface area contributed by atoms with E-state index in [2.05, 4.69) is 25.9 Å². The van der Waals surface area contributed by atoms with Gasteiger partial charge in [-0.2, -0.15) is 4.31 Å². The molecule has 0 aliphatic carbocycles. The molecule has 3 rings (SSSR count). The van der Waals surface area contributed by atoms with Gasteiger partial charge in [-0.25, -0.2) is 18.4 Å². The zero-order valence-electron chi connectivity index (χ0n) is 13.9. The van der Waals surface area contributed by atoms with Gasteiger partial charge < -0.3 is 4.74 Å². The van der Waals surface area contributed by atoms with Crippen LogP contribution in [-0.4, -0.2) is 42.4 Å². The van der Waals surface area contributed by atoms with Crippen LogP contribution in [0, 0.1) is 12.8 Å². The first kappa shape index (κ1) is 18.3. The van der Waals surface area contributed by atoms with Crippen LogP contribution in [-0.2, 0) is 10.0 Å². The number of nitrogens with zero attached hydrogens (tertiary/aromatic N) is 3. The van der Waals surface area contributed by atoms with E-state index in [0.717, 1.165) is 18.5 Å². The Hall–Kier alpha value is -1.51. The van der Waals surface area contributed by atoms with Gasteiger partial charge >= 0.3 is 0 Å². The maximum Gasteiger partial charge on any atom is 0.244 e. The fraction of sp³-hybridized carbons (Fsp3) is 0.412. The number of halogens is 1. The molecule has 0 bridgehead atoms. The lowest BCUT2D eigenvalue weighted by molar-refractivity contribution is 0.180. The zero-order chi connectivity index (χ0) is 17.9. The van der Waals surface area contributed by atoms with Crippen molar-refractivity contribution in [1.82, 2.24) is 14.3 Å². The Morgan fingerprint density at radius 3 is 2.64 bits per heavy atom. The highest BCUT2D eigenvalue weighted by atomic mass is 79.9. The minimum Gasteiger partial charge on any atom is -0.477 e. The van der Waals surface area contributed by atoms with E-state index < -0.39 is 10.0 Å². The van der Waals surface area contributed by atoms with Crippen molar-refractivity contribution in [3.63, 3.8) is 0 Å². The maximum atomic E-state index is 12.8. The minimum atomic E-state index is -3.46. The fourth-order valence-corrected chi connectivity index (χ4v) is 5.25. The molecule has 1 saturated heterocycles. The molecule has 1 aromatic heterocycles. The molecule has 8 heteroatoms. The third kappa shape index (κ3) is 4.37. The molecule has 2 heterocycles. The molecule has 0 N–H and O–H groups in total. The molecule has 6 nitrogen and oxygen atoms in total. The second kappa shape index (κ2) is 7.80. The molecule has 25 heavy (non-hydrogen) atoms. The van der Waals surface area contributed by atoms with E-state index in [1.165, 1.54) is 6.33 Å². The number of ether oxygens (including phenoxy) is 1. The van der Waals surface area contributed by atoms with Crippen LogP contribution in [0.15, 0.2) is 46.0 Å². The summed E-state index contributed by atoms with van der Waals surface area (Å²) in [6.45, 7) is 3.43. The quantitative estimate of drug-likeness (QED) is 0.735. The van der Waals surface area contributed by atoms with Crippen molar-refractivity contribution in [3.8, 4) is 5.88 Å². The van der Waals surface area contributed by atoms with Gasteiger partial charge in [0.05, 0.1) is 11.5 Å². The molecule has 0 spiro atoms. The summed E-state index contributed by atoms with van der Waals surface area (Å²) in [5.41, 5.74) is 0.861. The molecule has 0 atom stereocenters. The van der Waals surface area contributed by atoms with Crippen molar-refractivity contribution in [1.29, 1.82) is 0 Å². The van der Waals surface area contributed by atoms with E-state index in [1.807, 2.05) is 13.0 Å². The third-order valence-electron chi connectivity index (χ3n) is 4.27. The number of aromatic nitrogens is 2. The van der Waals surface area contributed by atoms with Crippen LogP contribution in [0.2, 0.25) is 0 Å². The summed E-state index contributed by atoms with van der Waals surface area (Å²) in [6, 6.07) is 8.72. The number of hydrogen-bond donors (Lipinski definition) is 0. The lowest BCUT2D eigenvalue weighted by atomic mass is 9.99. The molecule has 1 aromatic carbocycles. The Bertz CT molecular complexity index is 837. The van der Waals surface area contributed by atoms with E-state index in [0.29, 0.717) is 40.9 Å². The highest BCUT2D eigenvalue weighted by Crippen LogP contribution is 2.28. The van der Waals surface area contributed by atoms with Crippen LogP contribution in [0.4, 0.5) is 0 Å². The monoisotopic (exact) mass is 425 g/mol. The summed E-state index contributed by atoms with van der Waals surface area (Å²) < 4.78 is 33.4. The summed E-state index contributed by atoms with van der Waals surface area (Å²) in [7, 11) is -3.46. The maximum absolute atomic E-state index is 12.8. The van der Waals surface area contributed by atoms with Gasteiger partial charge in [0.15, 0.2) is 0 Å². The largest absolute Gasteiger partial charge is 0.477 e. The second-order valence-corrected chi connectivity index (χ2v) is 8.85. The van der Waals surface area contributed by atoms with Crippen molar-refractivity contribution in [2.75, 3.05) is 19.7 Å². The van der Waals surface area contributed by atoms with Crippen molar-refractivity contribution < 1.29 is 13.2 Å². The van der Waals surface area contributed by atoms with E-state index in [1.54, 1.807) is 28.6 Å². The van der Waals surface area contributed by atoms with Gasteiger partial charge in [0.2, 0.25) is 15.9 Å². The Morgan fingerprint density at radius 1 is 1.24 bits per heavy atom. The van der Waals surface area contributed by atoms with E-state index in [4.69, 9.17) is 4.74 Å². The van der Waals surface area contributed by atoms with Crippen LogP contribution in [0.3, 0.4) is 0 Å². The van der Waals surface area contributed by atoms with E-state index >= 15 is 0 Å². The number of piperidine rings is 1. The average molecular weight is 426 g/mol. The van der Waals surface area contributed by atoms with Gasteiger partial charge in [0.1, 0.15) is 6.33 Å². The normalized spacial score (nSPS) is 16.7. The first-order chi connectivity index (χ1) is 12.0. The SMILES string of the molecule is Cc1cc(OCC2CCN(S(=O)(=O)c3ccccc3Br)CC2)ncn1. The Kier molecular flexibility index (Phi) is 5.71. The summed E-state index contributed by atoms with van der Waals surface area (Å²) in [4.78, 5) is 8.44. The average Bonchev–Trinajstić information content (AvgIpc) is 2.61. The smallest absolute Gasteiger partial charge is 0.244 e. The van der Waals surface area contributed by atoms with Crippen molar-refractivity contribution >= 4 is 26.0 Å². The minimum absolute atomic E-state index is 0.320. The Balaban J connectivity index is 1.57. The van der Waals surface area contributed by atoms with Crippen LogP contribution >= 0.6 is 15.9 Å². The molecule has 0 radical (unpaired) electrons. The third-order valence-corrected chi connectivity index (χ3v) is 7.18. The van der Waals surface area contributed by atoms with Gasteiger partial charge in [0, 0.05) is 29.3 Å². The topological polar surface area (TPSA) is 72.4 Å². The molecule has 1 fully saturated rings. The number of sulfonamides is 1. The molecule has 134 valence electrons. The molecule has 1 aliphatic rings. The zero-order valence-corrected chi connectivity index (χ0v) is 16.3. The van der Waals surface area contributed by atoms with Crippen molar-refractivity contribution in [3.05, 3.63) is 46.8 Å². The first-order valence-electron chi connectivity index (χ1n) is 8.13.